The minimum Gasteiger partial charge on any atom is -0.322 e. The van der Waals surface area contributed by atoms with Crippen LogP contribution in [-0.4, -0.2) is 36.7 Å². The maximum absolute atomic E-state index is 12.8. The first-order valence-corrected chi connectivity index (χ1v) is 11.8. The summed E-state index contributed by atoms with van der Waals surface area (Å²) in [5, 5.41) is 3.79. The van der Waals surface area contributed by atoms with Crippen LogP contribution >= 0.6 is 27.3 Å². The molecule has 1 heterocycles. The van der Waals surface area contributed by atoms with Gasteiger partial charge in [-0.3, -0.25) is 4.79 Å². The zero-order valence-corrected chi connectivity index (χ0v) is 18.9. The topological polar surface area (TPSA) is 79.4 Å². The predicted octanol–water partition coefficient (Wildman–Crippen LogP) is 4.65. The van der Waals surface area contributed by atoms with Crippen molar-refractivity contribution in [1.82, 2.24) is 9.29 Å². The Morgan fingerprint density at radius 1 is 1.18 bits per heavy atom. The minimum atomic E-state index is -3.65. The lowest BCUT2D eigenvalue weighted by Crippen LogP contribution is -2.30. The lowest BCUT2D eigenvalue weighted by Gasteiger charge is -2.19. The number of hydrogen-bond acceptors (Lipinski definition) is 5. The molecule has 2 aromatic carbocycles. The van der Waals surface area contributed by atoms with E-state index in [4.69, 9.17) is 0 Å². The fraction of sp³-hybridized carbons (Fsp3) is 0.263. The number of carbonyl (C=O) groups is 1. The zero-order valence-electron chi connectivity index (χ0n) is 15.7. The van der Waals surface area contributed by atoms with Crippen LogP contribution in [0, 0.1) is 6.92 Å². The van der Waals surface area contributed by atoms with Crippen molar-refractivity contribution in [2.24, 2.45) is 0 Å². The van der Waals surface area contributed by atoms with E-state index in [0.717, 1.165) is 15.2 Å². The van der Waals surface area contributed by atoms with Crippen molar-refractivity contribution >= 4 is 59.1 Å². The fourth-order valence-electron chi connectivity index (χ4n) is 2.87. The first-order valence-electron chi connectivity index (χ1n) is 8.74. The van der Waals surface area contributed by atoms with Crippen LogP contribution in [0.2, 0.25) is 0 Å². The Morgan fingerprint density at radius 3 is 2.57 bits per heavy atom. The van der Waals surface area contributed by atoms with Crippen molar-refractivity contribution in [3.63, 3.8) is 0 Å². The van der Waals surface area contributed by atoms with Crippen LogP contribution in [0.1, 0.15) is 29.2 Å². The van der Waals surface area contributed by atoms with Gasteiger partial charge >= 0.3 is 0 Å². The van der Waals surface area contributed by atoms with Gasteiger partial charge in [0, 0.05) is 23.2 Å². The third kappa shape index (κ3) is 4.12. The first kappa shape index (κ1) is 20.9. The van der Waals surface area contributed by atoms with E-state index in [1.807, 2.05) is 19.1 Å². The Balaban J connectivity index is 1.92. The highest BCUT2D eigenvalue weighted by molar-refractivity contribution is 9.10. The average Bonchev–Trinajstić information content (AvgIpc) is 3.01. The maximum Gasteiger partial charge on any atom is 0.256 e. The second-order valence-corrected chi connectivity index (χ2v) is 10.1. The van der Waals surface area contributed by atoms with Gasteiger partial charge in [-0.25, -0.2) is 13.4 Å². The van der Waals surface area contributed by atoms with E-state index in [2.05, 4.69) is 26.2 Å². The summed E-state index contributed by atoms with van der Waals surface area (Å²) in [7, 11) is -3.65. The number of amides is 1. The van der Waals surface area contributed by atoms with Gasteiger partial charge in [-0.05, 0) is 59.3 Å². The average molecular weight is 482 g/mol. The summed E-state index contributed by atoms with van der Waals surface area (Å²) in [6, 6.07) is 9.99. The first-order chi connectivity index (χ1) is 13.3. The van der Waals surface area contributed by atoms with Crippen LogP contribution in [0.15, 0.2) is 45.8 Å². The number of thiazole rings is 1. The second kappa shape index (κ2) is 8.28. The number of carbonyl (C=O) groups excluding carboxylic acids is 1. The second-order valence-electron chi connectivity index (χ2n) is 6.10. The summed E-state index contributed by atoms with van der Waals surface area (Å²) < 4.78 is 28.4. The van der Waals surface area contributed by atoms with E-state index in [1.165, 1.54) is 16.4 Å². The predicted molar refractivity (Wildman–Crippen MR) is 117 cm³/mol. The van der Waals surface area contributed by atoms with Gasteiger partial charge in [0.1, 0.15) is 0 Å². The smallest absolute Gasteiger partial charge is 0.256 e. The van der Waals surface area contributed by atoms with Gasteiger partial charge in [0.05, 0.1) is 25.7 Å². The van der Waals surface area contributed by atoms with Crippen molar-refractivity contribution in [3.8, 4) is 0 Å². The molecule has 0 spiro atoms. The van der Waals surface area contributed by atoms with Crippen molar-refractivity contribution in [3.05, 3.63) is 51.4 Å². The largest absolute Gasteiger partial charge is 0.322 e. The van der Waals surface area contributed by atoms with Gasteiger partial charge in [0.2, 0.25) is 10.0 Å². The number of nitrogens with zero attached hydrogens (tertiary/aromatic N) is 2. The molecule has 148 valence electrons. The van der Waals surface area contributed by atoms with Crippen molar-refractivity contribution < 1.29 is 13.2 Å². The quantitative estimate of drug-likeness (QED) is 0.555. The summed E-state index contributed by atoms with van der Waals surface area (Å²) in [4.78, 5) is 17.3. The van der Waals surface area contributed by atoms with Gasteiger partial charge in [-0.2, -0.15) is 4.31 Å². The minimum absolute atomic E-state index is 0.0954. The SMILES string of the molecule is CCN(CC)S(=O)(=O)c1ccc(Br)c(C(=O)Nc2ccc3nc(C)sc3c2)c1. The molecule has 0 atom stereocenters. The number of sulfonamides is 1. The van der Waals surface area contributed by atoms with E-state index in [0.29, 0.717) is 23.2 Å². The molecular weight excluding hydrogens is 462 g/mol. The molecule has 1 N–H and O–H groups in total. The Bertz CT molecular complexity index is 1140. The molecule has 0 bridgehead atoms. The third-order valence-corrected chi connectivity index (χ3v) is 7.95. The molecule has 3 aromatic rings. The molecule has 3 rings (SSSR count). The molecule has 6 nitrogen and oxygen atoms in total. The number of halogens is 1. The number of benzene rings is 2. The molecule has 0 saturated carbocycles. The fourth-order valence-corrected chi connectivity index (χ4v) is 5.65. The lowest BCUT2D eigenvalue weighted by molar-refractivity contribution is 0.102. The Hall–Kier alpha value is -1.81. The van der Waals surface area contributed by atoms with Gasteiger partial charge in [0.15, 0.2) is 0 Å². The molecule has 0 radical (unpaired) electrons. The lowest BCUT2D eigenvalue weighted by atomic mass is 10.2. The van der Waals surface area contributed by atoms with Crippen LogP contribution in [-0.2, 0) is 10.0 Å². The molecule has 0 fully saturated rings. The Morgan fingerprint density at radius 2 is 1.89 bits per heavy atom. The van der Waals surface area contributed by atoms with E-state index in [9.17, 15) is 13.2 Å². The maximum atomic E-state index is 12.8. The number of aryl methyl sites for hydroxylation is 1. The highest BCUT2D eigenvalue weighted by Crippen LogP contribution is 2.27. The molecule has 1 amide bonds. The van der Waals surface area contributed by atoms with Crippen LogP contribution in [0.25, 0.3) is 10.2 Å². The molecule has 9 heteroatoms. The van der Waals surface area contributed by atoms with Gasteiger partial charge in [0.25, 0.3) is 5.91 Å². The molecule has 0 aliphatic carbocycles. The number of rotatable bonds is 6. The number of fused-ring (bicyclic) bond motifs is 1. The van der Waals surface area contributed by atoms with Crippen LogP contribution in [0.4, 0.5) is 5.69 Å². The number of anilines is 1. The van der Waals surface area contributed by atoms with Crippen molar-refractivity contribution in [2.75, 3.05) is 18.4 Å². The zero-order chi connectivity index (χ0) is 20.5. The van der Waals surface area contributed by atoms with Crippen molar-refractivity contribution in [2.45, 2.75) is 25.7 Å². The highest BCUT2D eigenvalue weighted by Gasteiger charge is 2.23. The molecule has 0 aliphatic heterocycles. The summed E-state index contributed by atoms with van der Waals surface area (Å²) >= 11 is 4.90. The molecule has 0 saturated heterocycles. The third-order valence-electron chi connectivity index (χ3n) is 4.28. The van der Waals surface area contributed by atoms with Gasteiger partial charge < -0.3 is 5.32 Å². The highest BCUT2D eigenvalue weighted by atomic mass is 79.9. The summed E-state index contributed by atoms with van der Waals surface area (Å²) in [5.41, 5.74) is 1.77. The van der Waals surface area contributed by atoms with Crippen LogP contribution < -0.4 is 5.32 Å². The molecule has 28 heavy (non-hydrogen) atoms. The van der Waals surface area contributed by atoms with Crippen LogP contribution in [0.3, 0.4) is 0 Å². The number of nitrogens with one attached hydrogen (secondary N) is 1. The van der Waals surface area contributed by atoms with Crippen LogP contribution in [0.5, 0.6) is 0 Å². The Labute approximate surface area is 176 Å². The molecule has 0 aliphatic rings. The molecule has 1 aromatic heterocycles. The van der Waals surface area contributed by atoms with E-state index < -0.39 is 10.0 Å². The standard InChI is InChI=1S/C19H20BrN3O3S2/c1-4-23(5-2)28(25,26)14-7-8-16(20)15(11-14)19(24)22-13-6-9-17-18(10-13)27-12(3)21-17/h6-11H,4-5H2,1-3H3,(H,22,24). The molecular formula is C19H20BrN3O3S2. The van der Waals surface area contributed by atoms with Crippen molar-refractivity contribution in [1.29, 1.82) is 0 Å². The van der Waals surface area contributed by atoms with E-state index in [-0.39, 0.29) is 16.4 Å². The number of aromatic nitrogens is 1. The monoisotopic (exact) mass is 481 g/mol. The Kier molecular flexibility index (Phi) is 6.18. The number of hydrogen-bond donors (Lipinski definition) is 1. The summed E-state index contributed by atoms with van der Waals surface area (Å²) in [6.45, 7) is 6.23. The van der Waals surface area contributed by atoms with Gasteiger partial charge in [-0.1, -0.05) is 13.8 Å². The molecule has 0 unspecified atom stereocenters. The van der Waals surface area contributed by atoms with E-state index in [1.54, 1.807) is 37.3 Å². The van der Waals surface area contributed by atoms with E-state index >= 15 is 0 Å². The summed E-state index contributed by atoms with van der Waals surface area (Å²) in [6.07, 6.45) is 0. The van der Waals surface area contributed by atoms with Gasteiger partial charge in [-0.15, -0.1) is 11.3 Å². The normalized spacial score (nSPS) is 11.9. The summed E-state index contributed by atoms with van der Waals surface area (Å²) in [5.74, 6) is -0.385.